The van der Waals surface area contributed by atoms with Gasteiger partial charge in [-0.1, -0.05) is 12.1 Å². The summed E-state index contributed by atoms with van der Waals surface area (Å²) in [6.07, 6.45) is 0. The Bertz CT molecular complexity index is 424. The van der Waals surface area contributed by atoms with E-state index in [1.54, 1.807) is 0 Å². The Kier molecular flexibility index (Phi) is 2.65. The van der Waals surface area contributed by atoms with Crippen molar-refractivity contribution in [2.75, 3.05) is 25.0 Å². The second-order valence-electron chi connectivity index (χ2n) is 3.22. The Labute approximate surface area is 87.3 Å². The lowest BCUT2D eigenvalue weighted by Crippen LogP contribution is -2.24. The summed E-state index contributed by atoms with van der Waals surface area (Å²) < 4.78 is 4.38. The normalized spacial score (nSPS) is 10.7. The first-order valence-electron chi connectivity index (χ1n) is 4.58. The number of likely N-dealkylation sites (N-methyl/N-ethyl adjacent to an activating group) is 1. The first-order chi connectivity index (χ1) is 6.83. The molecule has 2 aromatic rings. The van der Waals surface area contributed by atoms with Crippen LogP contribution < -0.4 is 10.6 Å². The maximum Gasteiger partial charge on any atom is 0.119 e. The molecule has 0 aliphatic rings. The lowest BCUT2D eigenvalue weighted by atomic mass is 10.2. The van der Waals surface area contributed by atoms with Crippen molar-refractivity contribution in [3.05, 3.63) is 24.3 Å². The van der Waals surface area contributed by atoms with Crippen molar-refractivity contribution in [1.82, 2.24) is 4.37 Å². The number of anilines is 1. The summed E-state index contributed by atoms with van der Waals surface area (Å²) in [7, 11) is 2.05. The molecule has 0 atom stereocenters. The van der Waals surface area contributed by atoms with Gasteiger partial charge in [-0.05, 0) is 23.7 Å². The van der Waals surface area contributed by atoms with Crippen LogP contribution in [0.4, 0.5) is 5.00 Å². The monoisotopic (exact) mass is 207 g/mol. The smallest absolute Gasteiger partial charge is 0.119 e. The molecule has 0 aliphatic carbocycles. The molecule has 74 valence electrons. The number of benzene rings is 1. The highest BCUT2D eigenvalue weighted by Crippen LogP contribution is 2.29. The number of aromatic nitrogens is 1. The molecule has 1 aromatic carbocycles. The van der Waals surface area contributed by atoms with Crippen molar-refractivity contribution in [3.8, 4) is 0 Å². The topological polar surface area (TPSA) is 42.1 Å². The van der Waals surface area contributed by atoms with Crippen LogP contribution in [0.3, 0.4) is 0 Å². The van der Waals surface area contributed by atoms with Crippen molar-refractivity contribution in [3.63, 3.8) is 0 Å². The lowest BCUT2D eigenvalue weighted by molar-refractivity contribution is 0.896. The van der Waals surface area contributed by atoms with Crippen LogP contribution in [0.2, 0.25) is 0 Å². The second kappa shape index (κ2) is 3.94. The highest BCUT2D eigenvalue weighted by Gasteiger charge is 2.08. The van der Waals surface area contributed by atoms with Gasteiger partial charge in [-0.15, -0.1) is 0 Å². The molecule has 0 aliphatic heterocycles. The van der Waals surface area contributed by atoms with E-state index < -0.39 is 0 Å². The van der Waals surface area contributed by atoms with E-state index in [1.165, 1.54) is 21.9 Å². The zero-order chi connectivity index (χ0) is 9.97. The lowest BCUT2D eigenvalue weighted by Gasteiger charge is -2.15. The zero-order valence-electron chi connectivity index (χ0n) is 8.10. The molecular weight excluding hydrogens is 194 g/mol. The maximum absolute atomic E-state index is 5.52. The molecule has 0 amide bonds. The average molecular weight is 207 g/mol. The van der Waals surface area contributed by atoms with E-state index in [1.807, 2.05) is 25.2 Å². The highest BCUT2D eigenvalue weighted by molar-refractivity contribution is 7.11. The van der Waals surface area contributed by atoms with Gasteiger partial charge in [0.05, 0.1) is 5.52 Å². The predicted octanol–water partition coefficient (Wildman–Crippen LogP) is 1.69. The second-order valence-corrected chi connectivity index (χ2v) is 3.97. The van der Waals surface area contributed by atoms with Gasteiger partial charge in [0.25, 0.3) is 0 Å². The number of nitrogens with two attached hydrogens (primary N) is 1. The van der Waals surface area contributed by atoms with Gasteiger partial charge < -0.3 is 10.6 Å². The first-order valence-corrected chi connectivity index (χ1v) is 5.36. The van der Waals surface area contributed by atoms with E-state index in [0.29, 0.717) is 6.54 Å². The Morgan fingerprint density at radius 1 is 1.43 bits per heavy atom. The van der Waals surface area contributed by atoms with Crippen LogP contribution in [0.25, 0.3) is 10.9 Å². The van der Waals surface area contributed by atoms with Crippen molar-refractivity contribution in [2.24, 2.45) is 5.73 Å². The molecule has 0 fully saturated rings. The van der Waals surface area contributed by atoms with Crippen LogP contribution in [-0.2, 0) is 0 Å². The van der Waals surface area contributed by atoms with Crippen molar-refractivity contribution in [1.29, 1.82) is 0 Å². The fourth-order valence-electron chi connectivity index (χ4n) is 1.45. The van der Waals surface area contributed by atoms with E-state index in [9.17, 15) is 0 Å². The molecule has 2 rings (SSSR count). The third-order valence-electron chi connectivity index (χ3n) is 2.18. The van der Waals surface area contributed by atoms with E-state index in [-0.39, 0.29) is 0 Å². The van der Waals surface area contributed by atoms with Gasteiger partial charge in [0.15, 0.2) is 0 Å². The van der Waals surface area contributed by atoms with Crippen LogP contribution in [0.1, 0.15) is 0 Å². The molecule has 4 heteroatoms. The van der Waals surface area contributed by atoms with E-state index >= 15 is 0 Å². The summed E-state index contributed by atoms with van der Waals surface area (Å²) in [5.41, 5.74) is 6.59. The van der Waals surface area contributed by atoms with Crippen molar-refractivity contribution >= 4 is 27.4 Å². The third-order valence-corrected chi connectivity index (χ3v) is 3.17. The van der Waals surface area contributed by atoms with E-state index in [2.05, 4.69) is 15.3 Å². The summed E-state index contributed by atoms with van der Waals surface area (Å²) in [6.45, 7) is 1.54. The molecule has 1 heterocycles. The summed E-state index contributed by atoms with van der Waals surface area (Å²) in [6, 6.07) is 8.18. The Morgan fingerprint density at radius 2 is 2.21 bits per heavy atom. The van der Waals surface area contributed by atoms with Crippen LogP contribution in [-0.4, -0.2) is 24.5 Å². The maximum atomic E-state index is 5.52. The third kappa shape index (κ3) is 1.58. The number of hydrogen-bond donors (Lipinski definition) is 1. The molecule has 0 unspecified atom stereocenters. The number of nitrogens with zero attached hydrogens (tertiary/aromatic N) is 2. The summed E-state index contributed by atoms with van der Waals surface area (Å²) in [4.78, 5) is 2.15. The van der Waals surface area contributed by atoms with Gasteiger partial charge in [0.1, 0.15) is 5.00 Å². The fraction of sp³-hybridized carbons (Fsp3) is 0.300. The molecule has 0 spiro atoms. The quantitative estimate of drug-likeness (QED) is 0.832. The Balaban J connectivity index is 2.42. The summed E-state index contributed by atoms with van der Waals surface area (Å²) in [5, 5.41) is 2.42. The predicted molar refractivity (Wildman–Crippen MR) is 61.9 cm³/mol. The minimum Gasteiger partial charge on any atom is -0.363 e. The summed E-state index contributed by atoms with van der Waals surface area (Å²) in [5.74, 6) is 0. The first kappa shape index (κ1) is 9.43. The molecule has 0 radical (unpaired) electrons. The van der Waals surface area contributed by atoms with E-state index in [0.717, 1.165) is 12.1 Å². The molecule has 1 aromatic heterocycles. The Hall–Kier alpha value is -1.13. The van der Waals surface area contributed by atoms with Crippen LogP contribution in [0, 0.1) is 0 Å². The highest BCUT2D eigenvalue weighted by atomic mass is 32.1. The molecular formula is C10H13N3S. The molecule has 2 N–H and O–H groups in total. The van der Waals surface area contributed by atoms with Crippen LogP contribution in [0.5, 0.6) is 0 Å². The van der Waals surface area contributed by atoms with E-state index in [4.69, 9.17) is 5.73 Å². The van der Waals surface area contributed by atoms with Gasteiger partial charge >= 0.3 is 0 Å². The van der Waals surface area contributed by atoms with Gasteiger partial charge in [-0.25, -0.2) is 0 Å². The van der Waals surface area contributed by atoms with Crippen molar-refractivity contribution in [2.45, 2.75) is 0 Å². The van der Waals surface area contributed by atoms with Crippen LogP contribution >= 0.6 is 11.5 Å². The number of fused-ring (bicyclic) bond motifs is 1. The molecule has 3 nitrogen and oxygen atoms in total. The SMILES string of the molecule is CN(CCN)c1snc2ccccc12. The fourth-order valence-corrected chi connectivity index (χ4v) is 2.29. The molecule has 0 saturated heterocycles. The minimum absolute atomic E-state index is 0.669. The number of rotatable bonds is 3. The van der Waals surface area contributed by atoms with Crippen LogP contribution in [0.15, 0.2) is 24.3 Å². The van der Waals surface area contributed by atoms with Gasteiger partial charge in [0, 0.05) is 25.5 Å². The zero-order valence-corrected chi connectivity index (χ0v) is 8.92. The molecule has 0 saturated carbocycles. The summed E-state index contributed by atoms with van der Waals surface area (Å²) >= 11 is 1.53. The largest absolute Gasteiger partial charge is 0.363 e. The minimum atomic E-state index is 0.669. The van der Waals surface area contributed by atoms with Gasteiger partial charge in [-0.2, -0.15) is 4.37 Å². The van der Waals surface area contributed by atoms with Gasteiger partial charge in [0.2, 0.25) is 0 Å². The number of hydrogen-bond acceptors (Lipinski definition) is 4. The Morgan fingerprint density at radius 3 is 3.00 bits per heavy atom. The standard InChI is InChI=1S/C10H13N3S/c1-13(7-6-11)10-8-4-2-3-5-9(8)12-14-10/h2-5H,6-7,11H2,1H3. The molecule has 0 bridgehead atoms. The van der Waals surface area contributed by atoms with Gasteiger partial charge in [-0.3, -0.25) is 0 Å². The molecule has 14 heavy (non-hydrogen) atoms. The average Bonchev–Trinajstić information content (AvgIpc) is 2.61. The van der Waals surface area contributed by atoms with Crippen molar-refractivity contribution < 1.29 is 0 Å².